The second-order valence-electron chi connectivity index (χ2n) is 5.62. The zero-order chi connectivity index (χ0) is 17.6. The lowest BCUT2D eigenvalue weighted by molar-refractivity contribution is -0.132. The molecular formula is C19H19N3O2S. The first-order valence-electron chi connectivity index (χ1n) is 7.84. The largest absolute Gasteiger partial charge is 0.484 e. The number of nitrogen functional groups attached to an aromatic ring is 1. The van der Waals surface area contributed by atoms with Crippen LogP contribution in [0.4, 0.5) is 5.13 Å². The molecule has 0 saturated carbocycles. The van der Waals surface area contributed by atoms with Gasteiger partial charge in [-0.3, -0.25) is 4.79 Å². The van der Waals surface area contributed by atoms with Crippen LogP contribution >= 0.6 is 11.3 Å². The number of anilines is 1. The summed E-state index contributed by atoms with van der Waals surface area (Å²) in [5.41, 5.74) is 8.55. The fourth-order valence-electron chi connectivity index (χ4n) is 2.34. The minimum absolute atomic E-state index is 0.00628. The van der Waals surface area contributed by atoms with Crippen molar-refractivity contribution in [3.63, 3.8) is 0 Å². The molecule has 128 valence electrons. The Morgan fingerprint density at radius 2 is 1.88 bits per heavy atom. The van der Waals surface area contributed by atoms with Crippen molar-refractivity contribution in [3.8, 4) is 17.0 Å². The minimum atomic E-state index is -0.0693. The number of ether oxygens (including phenoxy) is 1. The number of nitrogens with two attached hydrogens (primary N) is 1. The van der Waals surface area contributed by atoms with E-state index in [1.54, 1.807) is 11.9 Å². The average Bonchev–Trinajstić information content (AvgIpc) is 3.07. The first-order chi connectivity index (χ1) is 12.1. The molecule has 0 atom stereocenters. The molecule has 0 unspecified atom stereocenters. The maximum absolute atomic E-state index is 12.2. The molecule has 0 aliphatic rings. The Morgan fingerprint density at radius 3 is 2.52 bits per heavy atom. The number of nitrogens with zero attached hydrogens (tertiary/aromatic N) is 2. The summed E-state index contributed by atoms with van der Waals surface area (Å²) in [6, 6.07) is 17.3. The Kier molecular flexibility index (Phi) is 5.30. The maximum atomic E-state index is 12.2. The van der Waals surface area contributed by atoms with E-state index >= 15 is 0 Å². The van der Waals surface area contributed by atoms with Crippen LogP contribution in [0.2, 0.25) is 0 Å². The topological polar surface area (TPSA) is 68.5 Å². The summed E-state index contributed by atoms with van der Waals surface area (Å²) in [5, 5.41) is 2.45. The third kappa shape index (κ3) is 4.58. The van der Waals surface area contributed by atoms with Crippen LogP contribution in [-0.4, -0.2) is 29.4 Å². The number of carbonyl (C=O) groups is 1. The van der Waals surface area contributed by atoms with Gasteiger partial charge in [-0.1, -0.05) is 30.3 Å². The number of hydrogen-bond donors (Lipinski definition) is 1. The zero-order valence-electron chi connectivity index (χ0n) is 13.9. The third-order valence-electron chi connectivity index (χ3n) is 3.72. The molecule has 3 aromatic rings. The van der Waals surface area contributed by atoms with Gasteiger partial charge in [0, 0.05) is 24.5 Å². The van der Waals surface area contributed by atoms with E-state index in [1.807, 2.05) is 60.0 Å². The van der Waals surface area contributed by atoms with E-state index in [0.29, 0.717) is 17.4 Å². The van der Waals surface area contributed by atoms with Gasteiger partial charge >= 0.3 is 0 Å². The lowest BCUT2D eigenvalue weighted by Crippen LogP contribution is -2.30. The van der Waals surface area contributed by atoms with Crippen LogP contribution in [0.3, 0.4) is 0 Å². The Balaban J connectivity index is 1.53. The highest BCUT2D eigenvalue weighted by Crippen LogP contribution is 2.25. The molecule has 0 saturated heterocycles. The molecule has 0 aliphatic carbocycles. The van der Waals surface area contributed by atoms with Crippen LogP contribution in [-0.2, 0) is 11.3 Å². The van der Waals surface area contributed by atoms with E-state index in [4.69, 9.17) is 10.5 Å². The first kappa shape index (κ1) is 17.0. The molecule has 25 heavy (non-hydrogen) atoms. The Morgan fingerprint density at radius 1 is 1.16 bits per heavy atom. The van der Waals surface area contributed by atoms with Crippen molar-refractivity contribution in [2.45, 2.75) is 6.54 Å². The summed E-state index contributed by atoms with van der Waals surface area (Å²) in [5.74, 6) is 0.577. The molecule has 2 aromatic carbocycles. The van der Waals surface area contributed by atoms with Crippen LogP contribution < -0.4 is 10.5 Å². The van der Waals surface area contributed by atoms with Crippen LogP contribution in [0.15, 0.2) is 60.0 Å². The second-order valence-corrected chi connectivity index (χ2v) is 6.51. The summed E-state index contributed by atoms with van der Waals surface area (Å²) < 4.78 is 5.59. The molecular weight excluding hydrogens is 334 g/mol. The number of hydrogen-bond acceptors (Lipinski definition) is 5. The lowest BCUT2D eigenvalue weighted by Gasteiger charge is -2.17. The van der Waals surface area contributed by atoms with Gasteiger partial charge in [-0.2, -0.15) is 0 Å². The Hall–Kier alpha value is -2.86. The van der Waals surface area contributed by atoms with Crippen LogP contribution in [0.1, 0.15) is 5.56 Å². The van der Waals surface area contributed by atoms with Gasteiger partial charge in [-0.15, -0.1) is 11.3 Å². The van der Waals surface area contributed by atoms with E-state index in [1.165, 1.54) is 11.3 Å². The monoisotopic (exact) mass is 353 g/mol. The summed E-state index contributed by atoms with van der Waals surface area (Å²) in [4.78, 5) is 18.1. The summed E-state index contributed by atoms with van der Waals surface area (Å²) in [7, 11) is 1.77. The molecule has 1 amide bonds. The Bertz CT molecular complexity index is 831. The van der Waals surface area contributed by atoms with Crippen molar-refractivity contribution in [3.05, 3.63) is 65.5 Å². The molecule has 1 heterocycles. The number of amides is 1. The SMILES string of the molecule is CN(Cc1ccccc1)C(=O)COc1ccc(-c2csc(N)n2)cc1. The average molecular weight is 353 g/mol. The van der Waals surface area contributed by atoms with Crippen LogP contribution in [0, 0.1) is 0 Å². The van der Waals surface area contributed by atoms with Crippen molar-refractivity contribution in [2.24, 2.45) is 0 Å². The van der Waals surface area contributed by atoms with E-state index in [9.17, 15) is 4.79 Å². The van der Waals surface area contributed by atoms with Gasteiger partial charge in [-0.05, 0) is 29.8 Å². The van der Waals surface area contributed by atoms with Crippen LogP contribution in [0.25, 0.3) is 11.3 Å². The van der Waals surface area contributed by atoms with Crippen molar-refractivity contribution in [1.29, 1.82) is 0 Å². The van der Waals surface area contributed by atoms with Crippen molar-refractivity contribution in [1.82, 2.24) is 9.88 Å². The minimum Gasteiger partial charge on any atom is -0.484 e. The predicted molar refractivity (Wildman–Crippen MR) is 100 cm³/mol. The number of thiazole rings is 1. The zero-order valence-corrected chi connectivity index (χ0v) is 14.7. The molecule has 1 aromatic heterocycles. The molecule has 2 N–H and O–H groups in total. The molecule has 5 nitrogen and oxygen atoms in total. The Labute approximate surface area is 150 Å². The summed E-state index contributed by atoms with van der Waals surface area (Å²) in [6.07, 6.45) is 0. The lowest BCUT2D eigenvalue weighted by atomic mass is 10.2. The highest BCUT2D eigenvalue weighted by molar-refractivity contribution is 7.13. The van der Waals surface area contributed by atoms with Crippen molar-refractivity contribution < 1.29 is 9.53 Å². The number of carbonyl (C=O) groups excluding carboxylic acids is 1. The van der Waals surface area contributed by atoms with Gasteiger partial charge in [0.15, 0.2) is 11.7 Å². The van der Waals surface area contributed by atoms with E-state index in [2.05, 4.69) is 4.98 Å². The number of benzene rings is 2. The van der Waals surface area contributed by atoms with Gasteiger partial charge in [0.2, 0.25) is 0 Å². The van der Waals surface area contributed by atoms with Crippen molar-refractivity contribution >= 4 is 22.4 Å². The molecule has 0 spiro atoms. The molecule has 3 rings (SSSR count). The highest BCUT2D eigenvalue weighted by Gasteiger charge is 2.10. The summed E-state index contributed by atoms with van der Waals surface area (Å²) >= 11 is 1.41. The molecule has 0 aliphatic heterocycles. The first-order valence-corrected chi connectivity index (χ1v) is 8.72. The number of likely N-dealkylation sites (N-methyl/N-ethyl adjacent to an activating group) is 1. The molecule has 0 fully saturated rings. The van der Waals surface area contributed by atoms with E-state index in [-0.39, 0.29) is 12.5 Å². The summed E-state index contributed by atoms with van der Waals surface area (Å²) in [6.45, 7) is 0.569. The van der Waals surface area contributed by atoms with E-state index < -0.39 is 0 Å². The van der Waals surface area contributed by atoms with Gasteiger partial charge in [0.25, 0.3) is 5.91 Å². The smallest absolute Gasteiger partial charge is 0.260 e. The van der Waals surface area contributed by atoms with Gasteiger partial charge < -0.3 is 15.4 Å². The molecule has 6 heteroatoms. The molecule has 0 bridgehead atoms. The maximum Gasteiger partial charge on any atom is 0.260 e. The van der Waals surface area contributed by atoms with Crippen molar-refractivity contribution in [2.75, 3.05) is 19.4 Å². The fourth-order valence-corrected chi connectivity index (χ4v) is 2.92. The third-order valence-corrected chi connectivity index (χ3v) is 4.40. The van der Waals surface area contributed by atoms with Crippen LogP contribution in [0.5, 0.6) is 5.75 Å². The quantitative estimate of drug-likeness (QED) is 0.737. The number of rotatable bonds is 6. The standard InChI is InChI=1S/C19H19N3O2S/c1-22(11-14-5-3-2-4-6-14)18(23)12-24-16-9-7-15(8-10-16)17-13-25-19(20)21-17/h2-10,13H,11-12H2,1H3,(H2,20,21). The van der Waals surface area contributed by atoms with Gasteiger partial charge in [-0.25, -0.2) is 4.98 Å². The number of aromatic nitrogens is 1. The molecule has 0 radical (unpaired) electrons. The van der Waals surface area contributed by atoms with Gasteiger partial charge in [0.1, 0.15) is 5.75 Å². The second kappa shape index (κ2) is 7.81. The predicted octanol–water partition coefficient (Wildman–Crippen LogP) is 3.43. The normalized spacial score (nSPS) is 10.4. The highest BCUT2D eigenvalue weighted by atomic mass is 32.1. The van der Waals surface area contributed by atoms with E-state index in [0.717, 1.165) is 16.8 Å². The van der Waals surface area contributed by atoms with Gasteiger partial charge in [0.05, 0.1) is 5.69 Å². The fraction of sp³-hybridized carbons (Fsp3) is 0.158.